The van der Waals surface area contributed by atoms with Crippen LogP contribution in [0.15, 0.2) is 53.4 Å². The van der Waals surface area contributed by atoms with Crippen LogP contribution in [0.4, 0.5) is 5.69 Å². The minimum absolute atomic E-state index is 0.185. The average Bonchev–Trinajstić information content (AvgIpc) is 2.61. The summed E-state index contributed by atoms with van der Waals surface area (Å²) in [4.78, 5) is 24.9. The van der Waals surface area contributed by atoms with E-state index in [1.54, 1.807) is 42.5 Å². The number of nitrogens with one attached hydrogen (secondary N) is 1. The van der Waals surface area contributed by atoms with E-state index >= 15 is 0 Å². The molecule has 0 fully saturated rings. The van der Waals surface area contributed by atoms with Crippen LogP contribution in [-0.4, -0.2) is 35.6 Å². The van der Waals surface area contributed by atoms with E-state index in [0.717, 1.165) is 0 Å². The minimum atomic E-state index is -1.34. The summed E-state index contributed by atoms with van der Waals surface area (Å²) >= 11 is 0. The first-order valence-electron chi connectivity index (χ1n) is 7.50. The molecule has 0 aliphatic rings. The smallest absolute Gasteiger partial charge is 0.340 e. The molecular formula is C18H19NO5S. The van der Waals surface area contributed by atoms with Crippen molar-refractivity contribution in [2.24, 2.45) is 0 Å². The molecule has 2 aromatic rings. The molecule has 0 spiro atoms. The highest BCUT2D eigenvalue weighted by Gasteiger charge is 2.21. The van der Waals surface area contributed by atoms with Gasteiger partial charge in [0, 0.05) is 18.0 Å². The van der Waals surface area contributed by atoms with Gasteiger partial charge in [0.05, 0.1) is 28.4 Å². The molecule has 1 N–H and O–H groups in total. The van der Waals surface area contributed by atoms with Crippen LogP contribution in [0.1, 0.15) is 17.3 Å². The lowest BCUT2D eigenvalue weighted by atomic mass is 10.2. The molecule has 2 atom stereocenters. The Kier molecular flexibility index (Phi) is 6.30. The third-order valence-electron chi connectivity index (χ3n) is 3.41. The normalized spacial score (nSPS) is 12.8. The van der Waals surface area contributed by atoms with Crippen LogP contribution in [-0.2, 0) is 20.3 Å². The first-order valence-corrected chi connectivity index (χ1v) is 9.06. The van der Waals surface area contributed by atoms with Crippen molar-refractivity contribution in [3.63, 3.8) is 0 Å². The highest BCUT2D eigenvalue weighted by molar-refractivity contribution is 7.84. The van der Waals surface area contributed by atoms with Gasteiger partial charge in [0.25, 0.3) is 5.91 Å². The molecule has 6 nitrogen and oxygen atoms in total. The van der Waals surface area contributed by atoms with Gasteiger partial charge in [-0.1, -0.05) is 18.2 Å². The zero-order chi connectivity index (χ0) is 18.4. The highest BCUT2D eigenvalue weighted by Crippen LogP contribution is 2.18. The molecule has 0 saturated carbocycles. The Morgan fingerprint density at radius 3 is 2.52 bits per heavy atom. The predicted molar refractivity (Wildman–Crippen MR) is 95.3 cm³/mol. The number of carbonyl (C=O) groups is 2. The topological polar surface area (TPSA) is 81.7 Å². The van der Waals surface area contributed by atoms with Crippen molar-refractivity contribution in [3.05, 3.63) is 54.1 Å². The molecular weight excluding hydrogens is 342 g/mol. The monoisotopic (exact) mass is 361 g/mol. The summed E-state index contributed by atoms with van der Waals surface area (Å²) < 4.78 is 22.0. The van der Waals surface area contributed by atoms with Crippen LogP contribution in [0.2, 0.25) is 0 Å². The lowest BCUT2D eigenvalue weighted by Gasteiger charge is -2.15. The number of benzene rings is 2. The van der Waals surface area contributed by atoms with Crippen molar-refractivity contribution >= 4 is 28.4 Å². The van der Waals surface area contributed by atoms with Gasteiger partial charge >= 0.3 is 5.97 Å². The van der Waals surface area contributed by atoms with Gasteiger partial charge in [0.2, 0.25) is 0 Å². The molecule has 132 valence electrons. The Hall–Kier alpha value is -2.67. The Labute approximate surface area is 148 Å². The number of hydrogen-bond donors (Lipinski definition) is 1. The number of hydrogen-bond acceptors (Lipinski definition) is 5. The maximum Gasteiger partial charge on any atom is 0.340 e. The number of esters is 1. The van der Waals surface area contributed by atoms with Gasteiger partial charge in [-0.15, -0.1) is 0 Å². The summed E-state index contributed by atoms with van der Waals surface area (Å²) in [6, 6.07) is 13.3. The van der Waals surface area contributed by atoms with Crippen molar-refractivity contribution in [1.82, 2.24) is 0 Å². The maximum atomic E-state index is 12.3. The van der Waals surface area contributed by atoms with Crippen LogP contribution in [0.3, 0.4) is 0 Å². The van der Waals surface area contributed by atoms with Crippen LogP contribution in [0.25, 0.3) is 0 Å². The van der Waals surface area contributed by atoms with E-state index in [2.05, 4.69) is 5.32 Å². The second-order valence-corrected chi connectivity index (χ2v) is 6.57. The lowest BCUT2D eigenvalue weighted by molar-refractivity contribution is -0.123. The predicted octanol–water partition coefficient (Wildman–Crippen LogP) is 2.62. The van der Waals surface area contributed by atoms with E-state index < -0.39 is 28.8 Å². The zero-order valence-electron chi connectivity index (χ0n) is 14.1. The Morgan fingerprint density at radius 1 is 1.12 bits per heavy atom. The standard InChI is InChI=1S/C18H19NO5S/c1-12(17(20)19-13-7-6-8-14(11-13)23-2)24-18(21)15-9-4-5-10-16(15)25(3)22/h4-12H,1-3H3,(H,19,20)/t12-,25+/m0/s1. The quantitative estimate of drug-likeness (QED) is 0.800. The van der Waals surface area contributed by atoms with E-state index in [4.69, 9.17) is 9.47 Å². The number of rotatable bonds is 6. The summed E-state index contributed by atoms with van der Waals surface area (Å²) in [6.45, 7) is 1.47. The van der Waals surface area contributed by atoms with Crippen LogP contribution >= 0.6 is 0 Å². The third kappa shape index (κ3) is 4.90. The fourth-order valence-corrected chi connectivity index (χ4v) is 2.84. The second kappa shape index (κ2) is 8.43. The summed E-state index contributed by atoms with van der Waals surface area (Å²) in [5.74, 6) is -0.572. The average molecular weight is 361 g/mol. The molecule has 0 unspecified atom stereocenters. The molecule has 2 aromatic carbocycles. The first-order chi connectivity index (χ1) is 11.9. The van der Waals surface area contributed by atoms with Crippen molar-refractivity contribution < 1.29 is 23.3 Å². The lowest BCUT2D eigenvalue weighted by Crippen LogP contribution is -2.30. The van der Waals surface area contributed by atoms with Crippen molar-refractivity contribution in [2.75, 3.05) is 18.7 Å². The van der Waals surface area contributed by atoms with E-state index in [1.165, 1.54) is 26.4 Å². The molecule has 0 aliphatic carbocycles. The minimum Gasteiger partial charge on any atom is -0.497 e. The van der Waals surface area contributed by atoms with Crippen LogP contribution < -0.4 is 10.1 Å². The first kappa shape index (κ1) is 18.7. The highest BCUT2D eigenvalue weighted by atomic mass is 32.2. The summed E-state index contributed by atoms with van der Waals surface area (Å²) in [5.41, 5.74) is 0.715. The summed E-state index contributed by atoms with van der Waals surface area (Å²) in [6.07, 6.45) is 0.461. The number of ether oxygens (including phenoxy) is 2. The van der Waals surface area contributed by atoms with Crippen LogP contribution in [0, 0.1) is 0 Å². The van der Waals surface area contributed by atoms with Crippen molar-refractivity contribution in [3.8, 4) is 5.75 Å². The maximum absolute atomic E-state index is 12.3. The van der Waals surface area contributed by atoms with Crippen molar-refractivity contribution in [1.29, 1.82) is 0 Å². The van der Waals surface area contributed by atoms with Gasteiger partial charge in [-0.25, -0.2) is 4.79 Å². The largest absolute Gasteiger partial charge is 0.497 e. The van der Waals surface area contributed by atoms with Gasteiger partial charge in [-0.05, 0) is 31.2 Å². The SMILES string of the molecule is COc1cccc(NC(=O)[C@H](C)OC(=O)c2ccccc2[S@@](C)=O)c1. The number of anilines is 1. The molecule has 0 bridgehead atoms. The number of methoxy groups -OCH3 is 1. The molecule has 7 heteroatoms. The number of carbonyl (C=O) groups excluding carboxylic acids is 2. The van der Waals surface area contributed by atoms with E-state index in [1.807, 2.05) is 0 Å². The van der Waals surface area contributed by atoms with Gasteiger partial charge < -0.3 is 14.8 Å². The Balaban J connectivity index is 2.06. The van der Waals surface area contributed by atoms with Crippen molar-refractivity contribution in [2.45, 2.75) is 17.9 Å². The fourth-order valence-electron chi connectivity index (χ4n) is 2.11. The van der Waals surface area contributed by atoms with E-state index in [9.17, 15) is 13.8 Å². The van der Waals surface area contributed by atoms with Gasteiger partial charge in [-0.3, -0.25) is 9.00 Å². The number of amides is 1. The molecule has 0 saturated heterocycles. The Morgan fingerprint density at radius 2 is 1.84 bits per heavy atom. The van der Waals surface area contributed by atoms with Gasteiger partial charge in [0.15, 0.2) is 6.10 Å². The summed E-state index contributed by atoms with van der Waals surface area (Å²) in [5, 5.41) is 2.65. The molecule has 1 amide bonds. The zero-order valence-corrected chi connectivity index (χ0v) is 15.0. The fraction of sp³-hybridized carbons (Fsp3) is 0.222. The van der Waals surface area contributed by atoms with E-state index in [-0.39, 0.29) is 5.56 Å². The second-order valence-electron chi connectivity index (χ2n) is 5.22. The molecule has 0 aromatic heterocycles. The molecule has 0 radical (unpaired) electrons. The van der Waals surface area contributed by atoms with Gasteiger partial charge in [-0.2, -0.15) is 0 Å². The Bertz CT molecular complexity index is 806. The molecule has 0 aliphatic heterocycles. The summed E-state index contributed by atoms with van der Waals surface area (Å²) in [7, 11) is 0.191. The molecule has 25 heavy (non-hydrogen) atoms. The van der Waals surface area contributed by atoms with Crippen LogP contribution in [0.5, 0.6) is 5.75 Å². The van der Waals surface area contributed by atoms with Gasteiger partial charge in [0.1, 0.15) is 5.75 Å². The molecule has 2 rings (SSSR count). The molecule has 0 heterocycles. The van der Waals surface area contributed by atoms with E-state index in [0.29, 0.717) is 16.3 Å². The third-order valence-corrected chi connectivity index (χ3v) is 4.38.